The summed E-state index contributed by atoms with van der Waals surface area (Å²) < 4.78 is 6.50. The number of carbonyl (C=O) groups excluding carboxylic acids is 1. The van der Waals surface area contributed by atoms with Gasteiger partial charge in [0, 0.05) is 19.0 Å². The lowest BCUT2D eigenvalue weighted by Crippen LogP contribution is -2.27. The molecule has 8 nitrogen and oxygen atoms in total. The van der Waals surface area contributed by atoms with Crippen LogP contribution >= 0.6 is 0 Å². The van der Waals surface area contributed by atoms with Crippen molar-refractivity contribution in [3.05, 3.63) is 99.0 Å². The van der Waals surface area contributed by atoms with Crippen LogP contribution in [0.25, 0.3) is 22.2 Å². The molecule has 0 aliphatic rings. The van der Waals surface area contributed by atoms with Crippen LogP contribution in [0.15, 0.2) is 82.0 Å². The highest BCUT2D eigenvalue weighted by Gasteiger charge is 2.15. The van der Waals surface area contributed by atoms with Gasteiger partial charge >= 0.3 is 5.76 Å². The zero-order chi connectivity index (χ0) is 23.4. The van der Waals surface area contributed by atoms with E-state index in [0.717, 1.165) is 16.7 Å². The summed E-state index contributed by atoms with van der Waals surface area (Å²) in [4.78, 5) is 34.9. The van der Waals surface area contributed by atoms with Gasteiger partial charge in [0.2, 0.25) is 5.91 Å². The highest BCUT2D eigenvalue weighted by Crippen LogP contribution is 2.22. The third kappa shape index (κ3) is 5.01. The molecule has 1 heterocycles. The largest absolute Gasteiger partial charge is 0.419 e. The molecule has 0 saturated carbocycles. The van der Waals surface area contributed by atoms with E-state index in [1.165, 1.54) is 22.8 Å². The number of aromatic nitrogens is 1. The predicted molar refractivity (Wildman–Crippen MR) is 125 cm³/mol. The first kappa shape index (κ1) is 22.0. The minimum Gasteiger partial charge on any atom is -0.407 e. The van der Waals surface area contributed by atoms with E-state index in [4.69, 9.17) is 4.42 Å². The number of rotatable bonds is 8. The molecule has 0 aliphatic carbocycles. The van der Waals surface area contributed by atoms with Crippen molar-refractivity contribution in [3.8, 4) is 11.1 Å². The van der Waals surface area contributed by atoms with Gasteiger partial charge in [0.15, 0.2) is 5.58 Å². The van der Waals surface area contributed by atoms with Crippen molar-refractivity contribution in [2.45, 2.75) is 32.4 Å². The highest BCUT2D eigenvalue weighted by atomic mass is 16.6. The zero-order valence-electron chi connectivity index (χ0n) is 18.1. The van der Waals surface area contributed by atoms with Gasteiger partial charge in [-0.2, -0.15) is 0 Å². The Labute approximate surface area is 189 Å². The molecular formula is C25H23N3O5. The Kier molecular flexibility index (Phi) is 6.35. The quantitative estimate of drug-likeness (QED) is 0.309. The summed E-state index contributed by atoms with van der Waals surface area (Å²) in [6, 6.07) is 22.0. The molecule has 8 heteroatoms. The molecule has 4 rings (SSSR count). The number of hydrogen-bond acceptors (Lipinski definition) is 5. The standard InChI is InChI=1S/C25H23N3O5/c1-17(18-9-11-20(12-10-18)19-6-3-2-4-7-19)26-24(29)8-5-15-27-22-14-13-21(28(31)32)16-23(22)33-25(27)30/h2-4,6-7,9-14,16-17H,5,8,15H2,1H3,(H,26,29). The van der Waals surface area contributed by atoms with Crippen LogP contribution in [-0.2, 0) is 11.3 Å². The second-order valence-electron chi connectivity index (χ2n) is 7.81. The number of amides is 1. The van der Waals surface area contributed by atoms with Crippen LogP contribution in [0, 0.1) is 10.1 Å². The van der Waals surface area contributed by atoms with Crippen LogP contribution in [0.4, 0.5) is 5.69 Å². The second-order valence-corrected chi connectivity index (χ2v) is 7.81. The number of carbonyl (C=O) groups is 1. The summed E-state index contributed by atoms with van der Waals surface area (Å²) in [5, 5.41) is 13.9. The summed E-state index contributed by atoms with van der Waals surface area (Å²) in [7, 11) is 0. The predicted octanol–water partition coefficient (Wildman–Crippen LogP) is 4.83. The number of nitrogens with one attached hydrogen (secondary N) is 1. The van der Waals surface area contributed by atoms with Gasteiger partial charge in [-0.25, -0.2) is 4.79 Å². The van der Waals surface area contributed by atoms with E-state index >= 15 is 0 Å². The van der Waals surface area contributed by atoms with E-state index in [-0.39, 0.29) is 36.2 Å². The molecule has 4 aromatic rings. The van der Waals surface area contributed by atoms with Crippen molar-refractivity contribution in [3.63, 3.8) is 0 Å². The molecule has 33 heavy (non-hydrogen) atoms. The number of hydrogen-bond donors (Lipinski definition) is 1. The molecule has 0 saturated heterocycles. The van der Waals surface area contributed by atoms with Crippen molar-refractivity contribution in [2.24, 2.45) is 0 Å². The fraction of sp³-hybridized carbons (Fsp3) is 0.200. The molecule has 0 bridgehead atoms. The average Bonchev–Trinajstić information content (AvgIpc) is 3.14. The number of nitro groups is 1. The molecule has 0 aliphatic heterocycles. The van der Waals surface area contributed by atoms with Gasteiger partial charge in [0.1, 0.15) is 0 Å². The van der Waals surface area contributed by atoms with Crippen LogP contribution in [0.1, 0.15) is 31.4 Å². The maximum Gasteiger partial charge on any atom is 0.419 e. The number of oxazole rings is 1. The number of non-ortho nitro benzene ring substituents is 1. The molecule has 1 N–H and O–H groups in total. The van der Waals surface area contributed by atoms with E-state index in [2.05, 4.69) is 17.4 Å². The Morgan fingerprint density at radius 2 is 1.76 bits per heavy atom. The molecule has 0 spiro atoms. The molecule has 1 aromatic heterocycles. The lowest BCUT2D eigenvalue weighted by molar-refractivity contribution is -0.384. The molecule has 1 unspecified atom stereocenters. The molecule has 3 aromatic carbocycles. The average molecular weight is 445 g/mol. The van der Waals surface area contributed by atoms with Gasteiger partial charge < -0.3 is 9.73 Å². The van der Waals surface area contributed by atoms with Crippen LogP contribution < -0.4 is 11.1 Å². The summed E-state index contributed by atoms with van der Waals surface area (Å²) >= 11 is 0. The van der Waals surface area contributed by atoms with Crippen molar-refractivity contribution in [1.82, 2.24) is 9.88 Å². The first-order valence-electron chi connectivity index (χ1n) is 10.6. The molecule has 1 atom stereocenters. The first-order chi connectivity index (χ1) is 15.9. The van der Waals surface area contributed by atoms with Crippen molar-refractivity contribution < 1.29 is 14.1 Å². The summed E-state index contributed by atoms with van der Waals surface area (Å²) in [6.07, 6.45) is 0.662. The fourth-order valence-corrected chi connectivity index (χ4v) is 3.77. The monoisotopic (exact) mass is 445 g/mol. The smallest absolute Gasteiger partial charge is 0.407 e. The van der Waals surface area contributed by atoms with Crippen molar-refractivity contribution >= 4 is 22.7 Å². The normalized spacial score (nSPS) is 11.9. The highest BCUT2D eigenvalue weighted by molar-refractivity contribution is 5.77. The van der Waals surface area contributed by atoms with E-state index in [0.29, 0.717) is 11.9 Å². The molecule has 0 radical (unpaired) electrons. The minimum atomic E-state index is -0.599. The lowest BCUT2D eigenvalue weighted by atomic mass is 10.0. The zero-order valence-corrected chi connectivity index (χ0v) is 18.1. The third-order valence-corrected chi connectivity index (χ3v) is 5.54. The van der Waals surface area contributed by atoms with Crippen LogP contribution in [0.5, 0.6) is 0 Å². The summed E-state index contributed by atoms with van der Waals surface area (Å²) in [5.74, 6) is -0.719. The van der Waals surface area contributed by atoms with Gasteiger partial charge in [0.05, 0.1) is 22.5 Å². The maximum atomic E-state index is 12.4. The SMILES string of the molecule is CC(NC(=O)CCCn1c(=O)oc2cc([N+](=O)[O-])ccc21)c1ccc(-c2ccccc2)cc1. The van der Waals surface area contributed by atoms with E-state index < -0.39 is 10.7 Å². The van der Waals surface area contributed by atoms with Crippen molar-refractivity contribution in [1.29, 1.82) is 0 Å². The number of fused-ring (bicyclic) bond motifs is 1. The number of aryl methyl sites for hydroxylation is 1. The Morgan fingerprint density at radius 3 is 2.45 bits per heavy atom. The Balaban J connectivity index is 1.33. The van der Waals surface area contributed by atoms with Crippen molar-refractivity contribution in [2.75, 3.05) is 0 Å². The lowest BCUT2D eigenvalue weighted by Gasteiger charge is -2.15. The Bertz CT molecular complexity index is 1340. The van der Waals surface area contributed by atoms with Gasteiger partial charge in [-0.05, 0) is 36.1 Å². The fourth-order valence-electron chi connectivity index (χ4n) is 3.77. The maximum absolute atomic E-state index is 12.4. The molecular weight excluding hydrogens is 422 g/mol. The van der Waals surface area contributed by atoms with Crippen LogP contribution in [-0.4, -0.2) is 15.4 Å². The van der Waals surface area contributed by atoms with Crippen LogP contribution in [0.2, 0.25) is 0 Å². The third-order valence-electron chi connectivity index (χ3n) is 5.54. The number of benzene rings is 3. The van der Waals surface area contributed by atoms with Crippen LogP contribution in [0.3, 0.4) is 0 Å². The summed E-state index contributed by atoms with van der Waals surface area (Å²) in [6.45, 7) is 2.20. The molecule has 168 valence electrons. The van der Waals surface area contributed by atoms with Gasteiger partial charge in [-0.3, -0.25) is 19.5 Å². The first-order valence-corrected chi connectivity index (χ1v) is 10.6. The Morgan fingerprint density at radius 1 is 1.06 bits per heavy atom. The van der Waals surface area contributed by atoms with Gasteiger partial charge in [-0.1, -0.05) is 54.6 Å². The van der Waals surface area contributed by atoms with Gasteiger partial charge in [0.25, 0.3) is 5.69 Å². The van der Waals surface area contributed by atoms with Gasteiger partial charge in [-0.15, -0.1) is 0 Å². The Hall–Kier alpha value is -4.20. The second kappa shape index (κ2) is 9.52. The van der Waals surface area contributed by atoms with E-state index in [9.17, 15) is 19.7 Å². The molecule has 1 amide bonds. The van der Waals surface area contributed by atoms with E-state index in [1.807, 2.05) is 49.4 Å². The summed E-state index contributed by atoms with van der Waals surface area (Å²) in [5.41, 5.74) is 3.73. The number of nitrogens with zero attached hydrogens (tertiary/aromatic N) is 2. The number of nitro benzene ring substituents is 1. The minimum absolute atomic E-state index is 0.119. The van der Waals surface area contributed by atoms with E-state index in [1.54, 1.807) is 0 Å². The topological polar surface area (TPSA) is 107 Å². The molecule has 0 fully saturated rings.